The molecule has 0 saturated carbocycles. The van der Waals surface area contributed by atoms with Crippen LogP contribution < -0.4 is 10.1 Å². The van der Waals surface area contributed by atoms with Gasteiger partial charge in [0.15, 0.2) is 16.0 Å². The Morgan fingerprint density at radius 3 is 2.42 bits per heavy atom. The second kappa shape index (κ2) is 10.3. The van der Waals surface area contributed by atoms with Gasteiger partial charge < -0.3 is 19.9 Å². The van der Waals surface area contributed by atoms with Crippen LogP contribution in [0, 0.1) is 5.92 Å². The molecular formula is C16H21Cl2N3O5. The highest BCUT2D eigenvalue weighted by Crippen LogP contribution is 2.25. The second-order valence-electron chi connectivity index (χ2n) is 5.47. The lowest BCUT2D eigenvalue weighted by Crippen LogP contribution is -2.34. The number of methoxy groups -OCH3 is 1. The van der Waals surface area contributed by atoms with E-state index in [2.05, 4.69) is 15.3 Å². The number of rotatable bonds is 9. The van der Waals surface area contributed by atoms with Gasteiger partial charge in [0.05, 0.1) is 26.4 Å². The van der Waals surface area contributed by atoms with Crippen molar-refractivity contribution in [2.75, 3.05) is 20.3 Å². The summed E-state index contributed by atoms with van der Waals surface area (Å²) in [6.07, 6.45) is 1.18. The number of aliphatic hydroxyl groups is 1. The van der Waals surface area contributed by atoms with Crippen molar-refractivity contribution < 1.29 is 24.2 Å². The summed E-state index contributed by atoms with van der Waals surface area (Å²) in [6, 6.07) is -0.367. The molecular weight excluding hydrogens is 385 g/mol. The van der Waals surface area contributed by atoms with Crippen molar-refractivity contribution in [1.82, 2.24) is 15.3 Å². The van der Waals surface area contributed by atoms with Crippen LogP contribution in [0.3, 0.4) is 0 Å². The number of halogens is 2. The summed E-state index contributed by atoms with van der Waals surface area (Å²) in [4.78, 5) is 32.6. The zero-order valence-electron chi connectivity index (χ0n) is 14.9. The van der Waals surface area contributed by atoms with Gasteiger partial charge in [0.2, 0.25) is 5.78 Å². The molecule has 144 valence electrons. The first-order valence-electron chi connectivity index (χ1n) is 7.82. The number of ether oxygens (including phenoxy) is 2. The van der Waals surface area contributed by atoms with Crippen LogP contribution >= 0.6 is 23.2 Å². The summed E-state index contributed by atoms with van der Waals surface area (Å²) >= 11 is 11.9. The number of hydrogen-bond acceptors (Lipinski definition) is 8. The maximum absolute atomic E-state index is 12.7. The van der Waals surface area contributed by atoms with Crippen LogP contribution in [0.5, 0.6) is 5.88 Å². The number of carbonyl (C=O) groups is 2. The van der Waals surface area contributed by atoms with E-state index in [0.717, 1.165) is 0 Å². The number of Topliss-reactive ketones (excluding diaryl/α,β-unsaturated/α-hetero) is 1. The van der Waals surface area contributed by atoms with Crippen molar-refractivity contribution >= 4 is 35.0 Å². The van der Waals surface area contributed by atoms with E-state index in [4.69, 9.17) is 32.7 Å². The Morgan fingerprint density at radius 2 is 1.92 bits per heavy atom. The normalized spacial score (nSPS) is 12.7. The van der Waals surface area contributed by atoms with Gasteiger partial charge in [-0.1, -0.05) is 37.0 Å². The van der Waals surface area contributed by atoms with E-state index in [1.807, 2.05) is 13.8 Å². The number of carbonyl (C=O) groups excluding carboxylic acids is 2. The van der Waals surface area contributed by atoms with Crippen molar-refractivity contribution in [3.05, 3.63) is 27.8 Å². The molecule has 0 aliphatic carbocycles. The Morgan fingerprint density at radius 1 is 1.27 bits per heavy atom. The fourth-order valence-electron chi connectivity index (χ4n) is 1.85. The quantitative estimate of drug-likeness (QED) is 0.211. The molecule has 26 heavy (non-hydrogen) atoms. The Labute approximate surface area is 161 Å². The Hall–Kier alpha value is -1.90. The lowest BCUT2D eigenvalue weighted by atomic mass is 10.1. The first-order valence-corrected chi connectivity index (χ1v) is 8.58. The van der Waals surface area contributed by atoms with Crippen LogP contribution in [0.2, 0.25) is 10.3 Å². The van der Waals surface area contributed by atoms with E-state index < -0.39 is 11.8 Å². The van der Waals surface area contributed by atoms with Gasteiger partial charge in [0, 0.05) is 6.20 Å². The first kappa shape index (κ1) is 22.1. The number of aromatic nitrogens is 2. The fraction of sp³-hybridized carbons (Fsp3) is 0.500. The third-order valence-corrected chi connectivity index (χ3v) is 3.88. The van der Waals surface area contributed by atoms with Gasteiger partial charge in [-0.05, 0) is 12.8 Å². The predicted octanol–water partition coefficient (Wildman–Crippen LogP) is 2.03. The number of ketones is 1. The molecule has 0 spiro atoms. The molecule has 0 fully saturated rings. The number of hydrogen-bond donors (Lipinski definition) is 2. The number of aliphatic hydroxyl groups excluding tert-OH is 1. The van der Waals surface area contributed by atoms with E-state index in [1.165, 1.54) is 13.3 Å². The highest BCUT2D eigenvalue weighted by molar-refractivity contribution is 6.36. The van der Waals surface area contributed by atoms with E-state index in [9.17, 15) is 14.7 Å². The summed E-state index contributed by atoms with van der Waals surface area (Å²) in [5.74, 6) is -1.68. The second-order valence-corrected chi connectivity index (χ2v) is 6.19. The molecule has 1 aromatic rings. The monoisotopic (exact) mass is 405 g/mol. The summed E-state index contributed by atoms with van der Waals surface area (Å²) in [7, 11) is 1.32. The molecule has 0 amide bonds. The number of esters is 1. The van der Waals surface area contributed by atoms with Crippen molar-refractivity contribution in [3.8, 4) is 5.88 Å². The minimum atomic E-state index is -0.866. The number of nitrogens with zero attached hydrogens (tertiary/aromatic N) is 2. The Kier molecular flexibility index (Phi) is 8.77. The molecule has 0 saturated heterocycles. The third-order valence-electron chi connectivity index (χ3n) is 3.37. The largest absolute Gasteiger partial charge is 0.479 e. The van der Waals surface area contributed by atoms with Crippen LogP contribution in [0.25, 0.3) is 0 Å². The predicted molar refractivity (Wildman–Crippen MR) is 96.5 cm³/mol. The molecule has 1 atom stereocenters. The summed E-state index contributed by atoms with van der Waals surface area (Å²) < 4.78 is 9.79. The zero-order valence-corrected chi connectivity index (χ0v) is 16.4. The maximum Gasteiger partial charge on any atom is 0.343 e. The molecule has 0 aliphatic heterocycles. The van der Waals surface area contributed by atoms with Gasteiger partial charge in [-0.3, -0.25) is 4.79 Å². The maximum atomic E-state index is 12.7. The van der Waals surface area contributed by atoms with Crippen molar-refractivity contribution in [3.63, 3.8) is 0 Å². The first-order chi connectivity index (χ1) is 12.3. The topological polar surface area (TPSA) is 111 Å². The minimum Gasteiger partial charge on any atom is -0.479 e. The molecule has 10 heteroatoms. The molecule has 0 unspecified atom stereocenters. The lowest BCUT2D eigenvalue weighted by Gasteiger charge is -2.19. The molecule has 1 rings (SSSR count). The van der Waals surface area contributed by atoms with Gasteiger partial charge in [0.1, 0.15) is 5.57 Å². The molecule has 0 radical (unpaired) electrons. The van der Waals surface area contributed by atoms with Crippen LogP contribution in [-0.4, -0.2) is 53.2 Å². The van der Waals surface area contributed by atoms with E-state index in [-0.39, 0.29) is 52.6 Å². The molecule has 2 N–H and O–H groups in total. The molecule has 1 heterocycles. The molecule has 0 aromatic carbocycles. The van der Waals surface area contributed by atoms with Crippen LogP contribution in [0.4, 0.5) is 0 Å². The summed E-state index contributed by atoms with van der Waals surface area (Å²) in [5.41, 5.74) is -0.660. The van der Waals surface area contributed by atoms with Gasteiger partial charge in [-0.15, -0.1) is 0 Å². The smallest absolute Gasteiger partial charge is 0.343 e. The lowest BCUT2D eigenvalue weighted by molar-refractivity contribution is -0.138. The molecule has 1 aromatic heterocycles. The standard InChI is InChI=1S/C16H21Cl2N3O5/c1-5-26-16(24)9(6-19-10(7-22)8(2)3)12(23)11-13(17)21-15(25-4)14(18)20-11/h6,8,10,19,22H,5,7H2,1-4H3/b9-6-/t10-/m1/s1. The zero-order chi connectivity index (χ0) is 19.9. The van der Waals surface area contributed by atoms with Gasteiger partial charge in [-0.2, -0.15) is 4.98 Å². The number of nitrogens with one attached hydrogen (secondary N) is 1. The molecule has 0 bridgehead atoms. The molecule has 8 nitrogen and oxygen atoms in total. The summed E-state index contributed by atoms with van der Waals surface area (Å²) in [6.45, 7) is 5.24. The minimum absolute atomic E-state index is 0.0480. The van der Waals surface area contributed by atoms with Crippen LogP contribution in [0.1, 0.15) is 31.3 Å². The van der Waals surface area contributed by atoms with Crippen LogP contribution in [-0.2, 0) is 9.53 Å². The Balaban J connectivity index is 3.28. The highest BCUT2D eigenvalue weighted by Gasteiger charge is 2.27. The van der Waals surface area contributed by atoms with Crippen molar-refractivity contribution in [2.24, 2.45) is 5.92 Å². The average molecular weight is 406 g/mol. The van der Waals surface area contributed by atoms with E-state index in [0.29, 0.717) is 0 Å². The fourth-order valence-corrected chi connectivity index (χ4v) is 2.26. The Bertz CT molecular complexity index is 695. The van der Waals surface area contributed by atoms with Gasteiger partial charge >= 0.3 is 5.97 Å². The SMILES string of the molecule is CCOC(=O)/C(=C\N[C@H](CO)C(C)C)C(=O)c1nc(Cl)c(OC)nc1Cl. The summed E-state index contributed by atoms with van der Waals surface area (Å²) in [5, 5.41) is 11.8. The molecule has 0 aliphatic rings. The van der Waals surface area contributed by atoms with Gasteiger partial charge in [-0.25, -0.2) is 9.78 Å². The van der Waals surface area contributed by atoms with Crippen molar-refractivity contribution in [1.29, 1.82) is 0 Å². The van der Waals surface area contributed by atoms with E-state index >= 15 is 0 Å². The van der Waals surface area contributed by atoms with E-state index in [1.54, 1.807) is 6.92 Å². The highest BCUT2D eigenvalue weighted by atomic mass is 35.5. The van der Waals surface area contributed by atoms with Crippen LogP contribution in [0.15, 0.2) is 11.8 Å². The third kappa shape index (κ3) is 5.55. The van der Waals surface area contributed by atoms with Gasteiger partial charge in [0.25, 0.3) is 5.88 Å². The average Bonchev–Trinajstić information content (AvgIpc) is 2.59. The van der Waals surface area contributed by atoms with Crippen molar-refractivity contribution in [2.45, 2.75) is 26.8 Å².